The highest BCUT2D eigenvalue weighted by Gasteiger charge is 2.18. The molecule has 156 valence electrons. The van der Waals surface area contributed by atoms with Crippen molar-refractivity contribution in [3.8, 4) is 0 Å². The molecule has 0 aliphatic heterocycles. The van der Waals surface area contributed by atoms with Crippen LogP contribution in [0.5, 0.6) is 0 Å². The molecule has 0 spiro atoms. The van der Waals surface area contributed by atoms with E-state index in [0.717, 1.165) is 37.8 Å². The number of primary amides is 1. The molecule has 0 aliphatic carbocycles. The van der Waals surface area contributed by atoms with Crippen molar-refractivity contribution < 1.29 is 18.7 Å². The number of unbranched alkanes of at least 4 members (excludes halogenated alkanes) is 3. The Morgan fingerprint density at radius 1 is 1.21 bits per heavy atom. The van der Waals surface area contributed by atoms with Crippen molar-refractivity contribution >= 4 is 12.0 Å². The third kappa shape index (κ3) is 8.64. The van der Waals surface area contributed by atoms with Crippen LogP contribution in [0, 0.1) is 0 Å². The Kier molecular flexibility index (Phi) is 9.48. The van der Waals surface area contributed by atoms with Gasteiger partial charge in [-0.15, -0.1) is 0 Å². The number of hydrogen-bond acceptors (Lipinski definition) is 5. The second kappa shape index (κ2) is 12.4. The molecule has 29 heavy (non-hydrogen) atoms. The number of ether oxygens (including phenoxy) is 1. The first kappa shape index (κ1) is 22.2. The second-order valence-electron chi connectivity index (χ2n) is 6.74. The third-order valence-electron chi connectivity index (χ3n) is 4.31. The average Bonchev–Trinajstić information content (AvgIpc) is 3.19. The molecule has 7 heteroatoms. The van der Waals surface area contributed by atoms with E-state index in [0.29, 0.717) is 13.0 Å². The summed E-state index contributed by atoms with van der Waals surface area (Å²) in [5.41, 5.74) is 7.13. The summed E-state index contributed by atoms with van der Waals surface area (Å²) >= 11 is 0. The number of nitrogens with zero attached hydrogens (tertiary/aromatic N) is 1. The van der Waals surface area contributed by atoms with E-state index in [1.165, 1.54) is 17.7 Å². The molecule has 7 nitrogen and oxygen atoms in total. The summed E-state index contributed by atoms with van der Waals surface area (Å²) in [6, 6.07) is 9.32. The number of amides is 2. The van der Waals surface area contributed by atoms with E-state index in [4.69, 9.17) is 14.9 Å². The fraction of sp³-hybridized carbons (Fsp3) is 0.409. The summed E-state index contributed by atoms with van der Waals surface area (Å²) in [5, 5.41) is 2.65. The number of carbonyl (C=O) groups excluding carboxylic acids is 2. The van der Waals surface area contributed by atoms with Crippen molar-refractivity contribution in [2.24, 2.45) is 5.73 Å². The number of hydrogen-bond donors (Lipinski definition) is 2. The number of nitrogens with two attached hydrogens (primary N) is 1. The van der Waals surface area contributed by atoms with Crippen LogP contribution in [0.15, 0.2) is 53.2 Å². The summed E-state index contributed by atoms with van der Waals surface area (Å²) < 4.78 is 10.7. The summed E-state index contributed by atoms with van der Waals surface area (Å²) in [7, 11) is 0. The molecular formula is C22H29N3O4. The number of alkyl carbamates (subject to hydrolysis) is 1. The molecule has 0 fully saturated rings. The van der Waals surface area contributed by atoms with E-state index < -0.39 is 18.0 Å². The zero-order chi connectivity index (χ0) is 20.9. The van der Waals surface area contributed by atoms with Gasteiger partial charge >= 0.3 is 6.09 Å². The minimum absolute atomic E-state index is 0.272. The molecule has 3 N–H and O–H groups in total. The van der Waals surface area contributed by atoms with Crippen LogP contribution in [0.2, 0.25) is 0 Å². The molecule has 1 aromatic heterocycles. The first-order valence-corrected chi connectivity index (χ1v) is 9.97. The molecule has 1 aromatic carbocycles. The average molecular weight is 399 g/mol. The van der Waals surface area contributed by atoms with Gasteiger partial charge in [0.1, 0.15) is 12.3 Å². The molecule has 0 bridgehead atoms. The smallest absolute Gasteiger partial charge is 0.408 e. The van der Waals surface area contributed by atoms with Crippen molar-refractivity contribution in [1.82, 2.24) is 10.3 Å². The number of benzene rings is 1. The minimum Gasteiger partial charge on any atom is -0.450 e. The number of nitrogens with one attached hydrogen (secondary N) is 1. The number of rotatable bonds is 12. The Labute approximate surface area is 171 Å². The van der Waals surface area contributed by atoms with Crippen molar-refractivity contribution in [2.75, 3.05) is 6.61 Å². The number of aryl methyl sites for hydroxylation is 2. The minimum atomic E-state index is -0.740. The summed E-state index contributed by atoms with van der Waals surface area (Å²) in [6.45, 7) is 2.46. The van der Waals surface area contributed by atoms with Crippen molar-refractivity contribution in [1.29, 1.82) is 0 Å². The molecule has 0 radical (unpaired) electrons. The van der Waals surface area contributed by atoms with Gasteiger partial charge in [0, 0.05) is 6.08 Å². The Morgan fingerprint density at radius 3 is 2.72 bits per heavy atom. The van der Waals surface area contributed by atoms with Crippen LogP contribution in [0.1, 0.15) is 55.8 Å². The lowest BCUT2D eigenvalue weighted by atomic mass is 10.1. The number of carbonyl (C=O) groups is 2. The lowest BCUT2D eigenvalue weighted by molar-refractivity contribution is -0.113. The van der Waals surface area contributed by atoms with Gasteiger partial charge in [0.2, 0.25) is 11.8 Å². The van der Waals surface area contributed by atoms with Crippen LogP contribution >= 0.6 is 0 Å². The van der Waals surface area contributed by atoms with Gasteiger partial charge in [0.05, 0.1) is 12.3 Å². The molecular weight excluding hydrogens is 370 g/mol. The first-order chi connectivity index (χ1) is 14.1. The first-order valence-electron chi connectivity index (χ1n) is 9.97. The van der Waals surface area contributed by atoms with E-state index >= 15 is 0 Å². The Balaban J connectivity index is 1.93. The quantitative estimate of drug-likeness (QED) is 0.416. The van der Waals surface area contributed by atoms with Crippen LogP contribution in [0.4, 0.5) is 4.79 Å². The van der Waals surface area contributed by atoms with Crippen LogP contribution in [0.3, 0.4) is 0 Å². The number of aromatic nitrogens is 1. The fourth-order valence-electron chi connectivity index (χ4n) is 2.74. The highest BCUT2D eigenvalue weighted by molar-refractivity contribution is 5.85. The SMILES string of the molecule is CCCCCCOC(=O)NC(/C=C/C(N)=O)c1nc(CCc2ccccc2)co1. The Morgan fingerprint density at radius 2 is 2.00 bits per heavy atom. The van der Waals surface area contributed by atoms with Crippen LogP contribution in [0.25, 0.3) is 0 Å². The molecule has 1 heterocycles. The Bertz CT molecular complexity index is 786. The topological polar surface area (TPSA) is 107 Å². The lowest BCUT2D eigenvalue weighted by Crippen LogP contribution is -2.29. The van der Waals surface area contributed by atoms with Crippen molar-refractivity contribution in [3.63, 3.8) is 0 Å². The van der Waals surface area contributed by atoms with Gasteiger partial charge in [-0.2, -0.15) is 0 Å². The van der Waals surface area contributed by atoms with E-state index in [9.17, 15) is 9.59 Å². The van der Waals surface area contributed by atoms with Gasteiger partial charge in [-0.05, 0) is 30.9 Å². The normalized spacial score (nSPS) is 12.0. The highest BCUT2D eigenvalue weighted by Crippen LogP contribution is 2.16. The molecule has 1 atom stereocenters. The monoisotopic (exact) mass is 399 g/mol. The molecule has 1 unspecified atom stereocenters. The third-order valence-corrected chi connectivity index (χ3v) is 4.31. The number of oxazole rings is 1. The molecule has 2 aromatic rings. The molecule has 2 amide bonds. The molecule has 0 aliphatic rings. The zero-order valence-corrected chi connectivity index (χ0v) is 16.8. The zero-order valence-electron chi connectivity index (χ0n) is 16.8. The largest absolute Gasteiger partial charge is 0.450 e. The highest BCUT2D eigenvalue weighted by atomic mass is 16.5. The second-order valence-corrected chi connectivity index (χ2v) is 6.74. The predicted molar refractivity (Wildman–Crippen MR) is 110 cm³/mol. The van der Waals surface area contributed by atoms with E-state index in [-0.39, 0.29) is 5.89 Å². The van der Waals surface area contributed by atoms with E-state index in [1.807, 2.05) is 18.2 Å². The standard InChI is InChI=1S/C22H29N3O4/c1-2-3-4-8-15-28-22(27)25-19(13-14-20(23)26)21-24-18(16-29-21)12-11-17-9-6-5-7-10-17/h5-7,9-10,13-14,16,19H,2-4,8,11-12,15H2,1H3,(H2,23,26)(H,25,27)/b14-13+. The van der Waals surface area contributed by atoms with Gasteiger partial charge in [-0.25, -0.2) is 9.78 Å². The van der Waals surface area contributed by atoms with Crippen LogP contribution in [-0.2, 0) is 22.4 Å². The van der Waals surface area contributed by atoms with Crippen molar-refractivity contribution in [2.45, 2.75) is 51.5 Å². The van der Waals surface area contributed by atoms with E-state index in [2.05, 4.69) is 29.4 Å². The van der Waals surface area contributed by atoms with E-state index in [1.54, 1.807) is 6.26 Å². The molecule has 0 saturated carbocycles. The maximum atomic E-state index is 12.1. The van der Waals surface area contributed by atoms with Gasteiger partial charge in [-0.3, -0.25) is 4.79 Å². The maximum absolute atomic E-state index is 12.1. The van der Waals surface area contributed by atoms with Crippen LogP contribution in [-0.4, -0.2) is 23.6 Å². The summed E-state index contributed by atoms with van der Waals surface area (Å²) in [6.07, 6.45) is 9.13. The molecule has 2 rings (SSSR count). The van der Waals surface area contributed by atoms with Crippen molar-refractivity contribution in [3.05, 3.63) is 65.9 Å². The Hall–Kier alpha value is -3.09. The van der Waals surface area contributed by atoms with Gasteiger partial charge in [0.15, 0.2) is 0 Å². The summed E-state index contributed by atoms with van der Waals surface area (Å²) in [4.78, 5) is 27.6. The molecule has 0 saturated heterocycles. The van der Waals surface area contributed by atoms with Gasteiger partial charge in [0.25, 0.3) is 0 Å². The predicted octanol–water partition coefficient (Wildman–Crippen LogP) is 3.85. The fourth-order valence-corrected chi connectivity index (χ4v) is 2.74. The van der Waals surface area contributed by atoms with Gasteiger partial charge < -0.3 is 20.2 Å². The van der Waals surface area contributed by atoms with Crippen LogP contribution < -0.4 is 11.1 Å². The summed E-state index contributed by atoms with van der Waals surface area (Å²) in [5.74, 6) is -0.353. The lowest BCUT2D eigenvalue weighted by Gasteiger charge is -2.12. The maximum Gasteiger partial charge on any atom is 0.408 e. The van der Waals surface area contributed by atoms with Gasteiger partial charge in [-0.1, -0.05) is 56.5 Å².